The van der Waals surface area contributed by atoms with Crippen LogP contribution in [-0.2, 0) is 0 Å². The fourth-order valence-corrected chi connectivity index (χ4v) is 2.96. The third kappa shape index (κ3) is 3.30. The molecule has 0 bridgehead atoms. The van der Waals surface area contributed by atoms with Gasteiger partial charge in [0.15, 0.2) is 0 Å². The predicted octanol–water partition coefficient (Wildman–Crippen LogP) is 2.09. The van der Waals surface area contributed by atoms with E-state index in [4.69, 9.17) is 11.6 Å². The first-order valence-corrected chi connectivity index (χ1v) is 7.99. The number of carbonyl (C=O) groups is 1. The quantitative estimate of drug-likeness (QED) is 0.925. The number of carbonyl (C=O) groups excluding carboxylic acids is 1. The van der Waals surface area contributed by atoms with Crippen LogP contribution in [0.5, 0.6) is 0 Å². The molecule has 1 saturated heterocycles. The fourth-order valence-electron chi connectivity index (χ4n) is 2.78. The molecule has 1 saturated carbocycles. The van der Waals surface area contributed by atoms with Crippen LogP contribution in [0, 0.1) is 0 Å². The summed E-state index contributed by atoms with van der Waals surface area (Å²) in [7, 11) is 0. The van der Waals surface area contributed by atoms with Crippen molar-refractivity contribution >= 4 is 23.3 Å². The molecule has 1 amide bonds. The molecular weight excluding hydrogens is 288 g/mol. The number of nitrogens with one attached hydrogen (secondary N) is 1. The molecule has 0 unspecified atom stereocenters. The second-order valence-electron chi connectivity index (χ2n) is 5.64. The zero-order valence-corrected chi connectivity index (χ0v) is 13.1. The van der Waals surface area contributed by atoms with Gasteiger partial charge < -0.3 is 10.2 Å². The van der Waals surface area contributed by atoms with E-state index in [2.05, 4.69) is 15.2 Å². The number of hydrogen-bond acceptors (Lipinski definition) is 4. The second-order valence-corrected chi connectivity index (χ2v) is 6.05. The summed E-state index contributed by atoms with van der Waals surface area (Å²) in [5.74, 6) is 0.707. The Bertz CT molecular complexity index is 524. The van der Waals surface area contributed by atoms with Crippen molar-refractivity contribution in [1.29, 1.82) is 0 Å². The third-order valence-electron chi connectivity index (χ3n) is 4.11. The normalized spacial score (nSPS) is 19.6. The Kier molecular flexibility index (Phi) is 4.31. The fraction of sp³-hybridized carbons (Fsp3) is 0.600. The van der Waals surface area contributed by atoms with Crippen molar-refractivity contribution in [2.24, 2.45) is 0 Å². The van der Waals surface area contributed by atoms with Crippen molar-refractivity contribution in [2.45, 2.75) is 25.8 Å². The van der Waals surface area contributed by atoms with Crippen LogP contribution in [-0.4, -0.2) is 59.5 Å². The molecule has 1 aliphatic carbocycles. The van der Waals surface area contributed by atoms with Crippen molar-refractivity contribution in [1.82, 2.24) is 14.8 Å². The molecule has 114 valence electrons. The summed E-state index contributed by atoms with van der Waals surface area (Å²) in [6.07, 6.45) is 4.18. The number of rotatable bonds is 4. The lowest BCUT2D eigenvalue weighted by atomic mass is 10.2. The van der Waals surface area contributed by atoms with Gasteiger partial charge in [0, 0.05) is 45.0 Å². The first-order chi connectivity index (χ1) is 10.2. The van der Waals surface area contributed by atoms with E-state index in [9.17, 15) is 4.79 Å². The second kappa shape index (κ2) is 6.20. The minimum Gasteiger partial charge on any atom is -0.370 e. The summed E-state index contributed by atoms with van der Waals surface area (Å²) in [6.45, 7) is 6.27. The summed E-state index contributed by atoms with van der Waals surface area (Å²) < 4.78 is 0. The maximum Gasteiger partial charge on any atom is 0.255 e. The maximum absolute atomic E-state index is 12.6. The third-order valence-corrected chi connectivity index (χ3v) is 4.41. The van der Waals surface area contributed by atoms with E-state index >= 15 is 0 Å². The predicted molar refractivity (Wildman–Crippen MR) is 83.9 cm³/mol. The van der Waals surface area contributed by atoms with E-state index in [0.29, 0.717) is 16.4 Å². The van der Waals surface area contributed by atoms with Gasteiger partial charge in [-0.2, -0.15) is 0 Å². The number of anilines is 1. The van der Waals surface area contributed by atoms with Crippen LogP contribution in [0.2, 0.25) is 5.02 Å². The highest BCUT2D eigenvalue weighted by Crippen LogP contribution is 2.28. The Morgan fingerprint density at radius 1 is 1.38 bits per heavy atom. The Balaban J connectivity index is 1.68. The molecule has 1 aromatic rings. The molecule has 2 fully saturated rings. The summed E-state index contributed by atoms with van der Waals surface area (Å²) in [5, 5.41) is 3.54. The Labute approximate surface area is 130 Å². The monoisotopic (exact) mass is 308 g/mol. The molecule has 1 aliphatic heterocycles. The van der Waals surface area contributed by atoms with Crippen molar-refractivity contribution in [2.75, 3.05) is 38.0 Å². The van der Waals surface area contributed by atoms with Gasteiger partial charge >= 0.3 is 0 Å². The van der Waals surface area contributed by atoms with E-state index in [1.165, 1.54) is 12.8 Å². The molecule has 5 nitrogen and oxygen atoms in total. The molecule has 21 heavy (non-hydrogen) atoms. The van der Waals surface area contributed by atoms with Gasteiger partial charge in [-0.25, -0.2) is 4.98 Å². The number of aromatic nitrogens is 1. The lowest BCUT2D eigenvalue weighted by Gasteiger charge is -2.35. The highest BCUT2D eigenvalue weighted by Gasteiger charge is 2.32. The van der Waals surface area contributed by atoms with Gasteiger partial charge in [0.25, 0.3) is 5.91 Å². The molecule has 3 rings (SSSR count). The van der Waals surface area contributed by atoms with Crippen molar-refractivity contribution in [3.8, 4) is 0 Å². The molecule has 1 aromatic heterocycles. The molecule has 1 N–H and O–H groups in total. The van der Waals surface area contributed by atoms with Crippen LogP contribution in [0.25, 0.3) is 0 Å². The highest BCUT2D eigenvalue weighted by atomic mass is 35.5. The minimum atomic E-state index is 0.0111. The smallest absolute Gasteiger partial charge is 0.255 e. The van der Waals surface area contributed by atoms with E-state index in [-0.39, 0.29) is 5.91 Å². The maximum atomic E-state index is 12.6. The zero-order chi connectivity index (χ0) is 14.8. The Morgan fingerprint density at radius 3 is 2.71 bits per heavy atom. The molecule has 0 atom stereocenters. The van der Waals surface area contributed by atoms with Crippen LogP contribution in [0.15, 0.2) is 12.3 Å². The van der Waals surface area contributed by atoms with Crippen LogP contribution < -0.4 is 5.32 Å². The lowest BCUT2D eigenvalue weighted by Crippen LogP contribution is -2.49. The molecule has 0 radical (unpaired) electrons. The van der Waals surface area contributed by atoms with Crippen molar-refractivity contribution in [3.05, 3.63) is 22.8 Å². The van der Waals surface area contributed by atoms with Gasteiger partial charge in [-0.1, -0.05) is 11.6 Å². The summed E-state index contributed by atoms with van der Waals surface area (Å²) >= 11 is 6.15. The van der Waals surface area contributed by atoms with Gasteiger partial charge in [-0.15, -0.1) is 0 Å². The molecule has 2 aliphatic rings. The van der Waals surface area contributed by atoms with Crippen LogP contribution in [0.1, 0.15) is 30.1 Å². The van der Waals surface area contributed by atoms with Gasteiger partial charge in [0.05, 0.1) is 10.6 Å². The van der Waals surface area contributed by atoms with E-state index < -0.39 is 0 Å². The Morgan fingerprint density at radius 2 is 2.10 bits per heavy atom. The summed E-state index contributed by atoms with van der Waals surface area (Å²) in [4.78, 5) is 21.2. The van der Waals surface area contributed by atoms with Gasteiger partial charge in [-0.3, -0.25) is 9.69 Å². The van der Waals surface area contributed by atoms with Gasteiger partial charge in [-0.05, 0) is 25.8 Å². The number of nitrogens with zero attached hydrogens (tertiary/aromatic N) is 3. The summed E-state index contributed by atoms with van der Waals surface area (Å²) in [6, 6.07) is 2.52. The topological polar surface area (TPSA) is 48.5 Å². The highest BCUT2D eigenvalue weighted by molar-refractivity contribution is 6.33. The van der Waals surface area contributed by atoms with E-state index in [1.807, 2.05) is 11.8 Å². The number of pyridine rings is 1. The zero-order valence-electron chi connectivity index (χ0n) is 12.3. The van der Waals surface area contributed by atoms with Crippen molar-refractivity contribution < 1.29 is 4.79 Å². The number of halogens is 1. The van der Waals surface area contributed by atoms with Crippen LogP contribution >= 0.6 is 11.6 Å². The largest absolute Gasteiger partial charge is 0.370 e. The first kappa shape index (κ1) is 14.6. The van der Waals surface area contributed by atoms with Crippen molar-refractivity contribution in [3.63, 3.8) is 0 Å². The van der Waals surface area contributed by atoms with Crippen LogP contribution in [0.4, 0.5) is 5.82 Å². The number of hydrogen-bond donors (Lipinski definition) is 1. The number of piperazine rings is 1. The first-order valence-electron chi connectivity index (χ1n) is 7.61. The average molecular weight is 309 g/mol. The minimum absolute atomic E-state index is 0.0111. The van der Waals surface area contributed by atoms with E-state index in [1.54, 1.807) is 12.3 Å². The SMILES string of the molecule is CCNc1cc(C(=O)N2CCN(C3CC3)CC2)c(Cl)cn1. The average Bonchev–Trinajstić information content (AvgIpc) is 3.34. The van der Waals surface area contributed by atoms with E-state index in [0.717, 1.165) is 38.8 Å². The Hall–Kier alpha value is -1.33. The molecule has 6 heteroatoms. The van der Waals surface area contributed by atoms with Crippen LogP contribution in [0.3, 0.4) is 0 Å². The van der Waals surface area contributed by atoms with Gasteiger partial charge in [0.1, 0.15) is 5.82 Å². The molecule has 0 spiro atoms. The van der Waals surface area contributed by atoms with Gasteiger partial charge in [0.2, 0.25) is 0 Å². The summed E-state index contributed by atoms with van der Waals surface area (Å²) in [5.41, 5.74) is 0.544. The standard InChI is InChI=1S/C15H21ClN4O/c1-2-17-14-9-12(13(16)10-18-14)15(21)20-7-5-19(6-8-20)11-3-4-11/h9-11H,2-8H2,1H3,(H,17,18). The molecule has 0 aromatic carbocycles. The molecular formula is C15H21ClN4O. The lowest BCUT2D eigenvalue weighted by molar-refractivity contribution is 0.0627. The number of amides is 1. The molecule has 2 heterocycles.